The van der Waals surface area contributed by atoms with Gasteiger partial charge in [-0.05, 0) is 93.8 Å². The van der Waals surface area contributed by atoms with Crippen LogP contribution in [-0.4, -0.2) is 47.9 Å². The van der Waals surface area contributed by atoms with Crippen LogP contribution >= 0.6 is 23.2 Å². The lowest BCUT2D eigenvalue weighted by molar-refractivity contribution is -0.118. The number of aryl methyl sites for hydroxylation is 1. The summed E-state index contributed by atoms with van der Waals surface area (Å²) in [7, 11) is 0. The fourth-order valence-electron chi connectivity index (χ4n) is 4.99. The summed E-state index contributed by atoms with van der Waals surface area (Å²) in [5.41, 5.74) is 4.15. The van der Waals surface area contributed by atoms with Gasteiger partial charge < -0.3 is 14.5 Å². The molecule has 0 saturated heterocycles. The predicted molar refractivity (Wildman–Crippen MR) is 147 cm³/mol. The van der Waals surface area contributed by atoms with Crippen molar-refractivity contribution in [1.82, 2.24) is 4.90 Å². The number of nitrogens with zero attached hydrogens (tertiary/aromatic N) is 2. The van der Waals surface area contributed by atoms with Gasteiger partial charge in [0.2, 0.25) is 5.91 Å². The van der Waals surface area contributed by atoms with E-state index in [1.165, 1.54) is 0 Å². The molecule has 0 fully saturated rings. The van der Waals surface area contributed by atoms with E-state index in [-0.39, 0.29) is 17.8 Å². The van der Waals surface area contributed by atoms with E-state index in [9.17, 15) is 14.4 Å². The molecule has 0 atom stereocenters. The summed E-state index contributed by atoms with van der Waals surface area (Å²) in [5, 5.41) is 1.14. The Morgan fingerprint density at radius 1 is 1.00 bits per heavy atom. The number of anilines is 1. The van der Waals surface area contributed by atoms with Crippen molar-refractivity contribution in [3.05, 3.63) is 62.6 Å². The number of hydrogen-bond donors (Lipinski definition) is 0. The Bertz CT molecular complexity index is 1180. The average molecular weight is 546 g/mol. The highest BCUT2D eigenvalue weighted by molar-refractivity contribution is 6.36. The Balaban J connectivity index is 1.35. The number of Topliss-reactive ketones (excluding diaryl/α,β-unsaturated/α-hetero) is 1. The molecule has 8 heteroatoms. The number of hydrogen-bond acceptors (Lipinski definition) is 4. The maximum Gasteiger partial charge on any atom is 0.410 e. The van der Waals surface area contributed by atoms with Crippen molar-refractivity contribution in [2.75, 3.05) is 24.5 Å². The van der Waals surface area contributed by atoms with Gasteiger partial charge in [0.15, 0.2) is 5.78 Å². The van der Waals surface area contributed by atoms with Crippen molar-refractivity contribution in [2.24, 2.45) is 0 Å². The lowest BCUT2D eigenvalue weighted by Crippen LogP contribution is -2.38. The Morgan fingerprint density at radius 3 is 2.35 bits per heavy atom. The minimum absolute atomic E-state index is 0.0982. The molecule has 0 spiro atoms. The average Bonchev–Trinajstić information content (AvgIpc) is 3.26. The zero-order valence-electron chi connectivity index (χ0n) is 21.7. The van der Waals surface area contributed by atoms with Crippen LogP contribution in [0, 0.1) is 0 Å². The van der Waals surface area contributed by atoms with Crippen molar-refractivity contribution >= 4 is 46.7 Å². The molecular weight excluding hydrogens is 511 g/mol. The number of rotatable bonds is 9. The second kappa shape index (κ2) is 11.4. The second-order valence-electron chi connectivity index (χ2n) is 10.7. The lowest BCUT2D eigenvalue weighted by Gasteiger charge is -2.27. The van der Waals surface area contributed by atoms with Crippen molar-refractivity contribution < 1.29 is 19.1 Å². The number of halogens is 2. The van der Waals surface area contributed by atoms with Crippen LogP contribution in [0.15, 0.2) is 30.3 Å². The first-order valence-corrected chi connectivity index (χ1v) is 13.7. The van der Waals surface area contributed by atoms with Crippen LogP contribution in [0.4, 0.5) is 10.5 Å². The fourth-order valence-corrected chi connectivity index (χ4v) is 5.58. The molecular formula is C29H34Cl2N2O4. The van der Waals surface area contributed by atoms with Crippen LogP contribution in [0.5, 0.6) is 0 Å². The predicted octanol–water partition coefficient (Wildman–Crippen LogP) is 6.66. The van der Waals surface area contributed by atoms with Gasteiger partial charge in [0, 0.05) is 48.1 Å². The van der Waals surface area contributed by atoms with Gasteiger partial charge in [-0.1, -0.05) is 29.3 Å². The van der Waals surface area contributed by atoms with Gasteiger partial charge in [-0.15, -0.1) is 0 Å². The lowest BCUT2D eigenvalue weighted by atomic mass is 9.94. The monoisotopic (exact) mass is 544 g/mol. The Hall–Kier alpha value is -2.57. The van der Waals surface area contributed by atoms with Gasteiger partial charge in [-0.3, -0.25) is 9.59 Å². The third kappa shape index (κ3) is 6.66. The van der Waals surface area contributed by atoms with Gasteiger partial charge in [-0.2, -0.15) is 0 Å². The third-order valence-electron chi connectivity index (χ3n) is 6.80. The zero-order valence-corrected chi connectivity index (χ0v) is 23.3. The minimum atomic E-state index is -0.610. The summed E-state index contributed by atoms with van der Waals surface area (Å²) in [4.78, 5) is 41.6. The smallest absolute Gasteiger partial charge is 0.410 e. The quantitative estimate of drug-likeness (QED) is 0.261. The molecule has 2 aromatic rings. The largest absolute Gasteiger partial charge is 0.444 e. The van der Waals surface area contributed by atoms with Gasteiger partial charge in [0.05, 0.1) is 5.69 Å². The first kappa shape index (κ1) is 27.5. The summed E-state index contributed by atoms with van der Waals surface area (Å²) >= 11 is 12.6. The molecule has 0 aromatic heterocycles. The highest BCUT2D eigenvalue weighted by Gasteiger charge is 2.32. The summed E-state index contributed by atoms with van der Waals surface area (Å²) in [5.74, 6) is 0.276. The summed E-state index contributed by atoms with van der Waals surface area (Å²) in [6.07, 6.45) is 3.84. The van der Waals surface area contributed by atoms with E-state index >= 15 is 0 Å². The topological polar surface area (TPSA) is 66.9 Å². The summed E-state index contributed by atoms with van der Waals surface area (Å²) < 4.78 is 5.61. The number of amides is 2. The molecule has 0 radical (unpaired) electrons. The van der Waals surface area contributed by atoms with E-state index in [4.69, 9.17) is 27.9 Å². The van der Waals surface area contributed by atoms with Crippen molar-refractivity contribution in [3.63, 3.8) is 0 Å². The third-order valence-corrected chi connectivity index (χ3v) is 7.51. The molecule has 6 nitrogen and oxygen atoms in total. The van der Waals surface area contributed by atoms with E-state index in [2.05, 4.69) is 0 Å². The first-order valence-electron chi connectivity index (χ1n) is 12.9. The molecule has 2 heterocycles. The van der Waals surface area contributed by atoms with Crippen molar-refractivity contribution in [1.29, 1.82) is 0 Å². The van der Waals surface area contributed by atoms with Crippen LogP contribution in [0.2, 0.25) is 10.0 Å². The molecule has 0 N–H and O–H groups in total. The van der Waals surface area contributed by atoms with Crippen LogP contribution in [0.1, 0.15) is 73.5 Å². The first-order chi connectivity index (χ1) is 17.5. The highest BCUT2D eigenvalue weighted by atomic mass is 35.5. The van der Waals surface area contributed by atoms with E-state index in [0.29, 0.717) is 68.2 Å². The summed E-state index contributed by atoms with van der Waals surface area (Å²) in [6.45, 7) is 7.11. The molecule has 2 aliphatic heterocycles. The molecule has 37 heavy (non-hydrogen) atoms. The van der Waals surface area contributed by atoms with Crippen molar-refractivity contribution in [2.45, 2.75) is 71.3 Å². The number of benzene rings is 2. The van der Waals surface area contributed by atoms with Crippen LogP contribution in [-0.2, 0) is 28.8 Å². The Labute approximate surface area is 228 Å². The number of unbranched alkanes of at least 4 members (excludes halogenated alkanes) is 1. The maximum atomic E-state index is 13.0. The minimum Gasteiger partial charge on any atom is -0.444 e. The van der Waals surface area contributed by atoms with Crippen LogP contribution in [0.25, 0.3) is 0 Å². The maximum absolute atomic E-state index is 13.0. The highest BCUT2D eigenvalue weighted by Crippen LogP contribution is 2.37. The molecule has 2 aromatic carbocycles. The summed E-state index contributed by atoms with van der Waals surface area (Å²) in [6, 6.07) is 9.29. The molecule has 2 amide bonds. The van der Waals surface area contributed by atoms with Crippen LogP contribution < -0.4 is 4.90 Å². The molecule has 198 valence electrons. The van der Waals surface area contributed by atoms with E-state index in [0.717, 1.165) is 34.4 Å². The zero-order chi connectivity index (χ0) is 26.7. The number of ketones is 1. The normalized spacial score (nSPS) is 14.5. The molecule has 4 rings (SSSR count). The van der Waals surface area contributed by atoms with E-state index in [1.807, 2.05) is 37.8 Å². The molecule has 0 aliphatic carbocycles. The van der Waals surface area contributed by atoms with Gasteiger partial charge in [0.1, 0.15) is 5.60 Å². The Morgan fingerprint density at radius 2 is 1.68 bits per heavy atom. The van der Waals surface area contributed by atoms with Gasteiger partial charge in [0.25, 0.3) is 0 Å². The SMILES string of the molecule is CC(C)(C)OC(=O)N(CCCCC(=O)c1cc2c3c(c1)CCN3C(=O)CC2)CCc1c(Cl)cccc1Cl. The van der Waals surface area contributed by atoms with E-state index < -0.39 is 5.60 Å². The van der Waals surface area contributed by atoms with Gasteiger partial charge >= 0.3 is 6.09 Å². The van der Waals surface area contributed by atoms with Crippen LogP contribution in [0.3, 0.4) is 0 Å². The number of carbonyl (C=O) groups is 3. The number of carbonyl (C=O) groups excluding carboxylic acids is 3. The fraction of sp³-hybridized carbons (Fsp3) is 0.483. The standard InChI is InChI=1S/C29H34Cl2N2O4/c1-29(2,3)37-28(36)32(15-13-22-23(30)7-6-8-24(22)31)14-5-4-9-25(34)21-17-19-10-11-26(35)33-16-12-20(18-21)27(19)33/h6-8,17-18H,4-5,9-16H2,1-3H3. The Kier molecular flexibility index (Phi) is 8.49. The molecule has 0 bridgehead atoms. The van der Waals surface area contributed by atoms with Crippen molar-refractivity contribution in [3.8, 4) is 0 Å². The second-order valence-corrected chi connectivity index (χ2v) is 11.6. The molecule has 2 aliphatic rings. The van der Waals surface area contributed by atoms with Gasteiger partial charge in [-0.25, -0.2) is 4.79 Å². The molecule has 0 saturated carbocycles. The molecule has 0 unspecified atom stereocenters. The number of ether oxygens (including phenoxy) is 1. The van der Waals surface area contributed by atoms with E-state index in [1.54, 1.807) is 23.1 Å².